The number of carbonyl (C=O) groups is 1. The van der Waals surface area contributed by atoms with Crippen LogP contribution in [0.4, 0.5) is 19.0 Å². The lowest BCUT2D eigenvalue weighted by atomic mass is 10.2. The van der Waals surface area contributed by atoms with Gasteiger partial charge in [0.15, 0.2) is 0 Å². The summed E-state index contributed by atoms with van der Waals surface area (Å²) < 4.78 is 43.5. The van der Waals surface area contributed by atoms with Gasteiger partial charge in [-0.25, -0.2) is 9.48 Å². The van der Waals surface area contributed by atoms with Crippen LogP contribution >= 0.6 is 0 Å². The molecule has 2 aromatic carbocycles. The van der Waals surface area contributed by atoms with Gasteiger partial charge in [0.1, 0.15) is 5.82 Å². The molecule has 0 spiro atoms. The summed E-state index contributed by atoms with van der Waals surface area (Å²) >= 11 is 0. The van der Waals surface area contributed by atoms with Crippen LogP contribution in [0.5, 0.6) is 0 Å². The average Bonchev–Trinajstić information content (AvgIpc) is 3.23. The van der Waals surface area contributed by atoms with Crippen LogP contribution in [-0.2, 0) is 24.6 Å². The monoisotopic (exact) mass is 443 g/mol. The quantitative estimate of drug-likeness (QED) is 0.509. The molecule has 166 valence electrons. The smallest absolute Gasteiger partial charge is 0.311 e. The van der Waals surface area contributed by atoms with E-state index in [1.165, 1.54) is 25.9 Å². The predicted octanol–water partition coefficient (Wildman–Crippen LogP) is 3.88. The van der Waals surface area contributed by atoms with Crippen LogP contribution in [0.3, 0.4) is 0 Å². The lowest BCUT2D eigenvalue weighted by Crippen LogP contribution is -2.25. The van der Waals surface area contributed by atoms with Crippen molar-refractivity contribution in [3.05, 3.63) is 76.3 Å². The van der Waals surface area contributed by atoms with Crippen molar-refractivity contribution in [2.24, 2.45) is 7.05 Å². The third-order valence-electron chi connectivity index (χ3n) is 5.13. The van der Waals surface area contributed by atoms with Gasteiger partial charge in [0.25, 0.3) is 0 Å². The summed E-state index contributed by atoms with van der Waals surface area (Å²) in [5, 5.41) is 6.90. The highest BCUT2D eigenvalue weighted by Crippen LogP contribution is 2.31. The number of carbonyl (C=O) groups excluding carboxylic acids is 1. The predicted molar refractivity (Wildman–Crippen MR) is 114 cm³/mol. The third-order valence-corrected chi connectivity index (χ3v) is 5.13. The highest BCUT2D eigenvalue weighted by atomic mass is 19.4. The molecule has 0 saturated heterocycles. The molecule has 0 unspecified atom stereocenters. The Morgan fingerprint density at radius 3 is 2.50 bits per heavy atom. The number of anilines is 1. The molecule has 0 aliphatic carbocycles. The molecule has 0 atom stereocenters. The number of benzene rings is 2. The summed E-state index contributed by atoms with van der Waals surface area (Å²) in [6, 6.07) is 13.6. The highest BCUT2D eigenvalue weighted by molar-refractivity contribution is 5.90. The van der Waals surface area contributed by atoms with Gasteiger partial charge in [0.2, 0.25) is 5.91 Å². The molecular formula is C22H20F3N5O2. The Bertz CT molecular complexity index is 1360. The minimum atomic E-state index is -4.49. The number of nitrogens with zero attached hydrogens (tertiary/aromatic N) is 4. The van der Waals surface area contributed by atoms with Crippen LogP contribution in [-0.4, -0.2) is 24.8 Å². The first-order valence-corrected chi connectivity index (χ1v) is 9.83. The zero-order chi connectivity index (χ0) is 23.0. The number of imidazole rings is 1. The van der Waals surface area contributed by atoms with Gasteiger partial charge in [0, 0.05) is 26.1 Å². The van der Waals surface area contributed by atoms with Crippen molar-refractivity contribution in [1.82, 2.24) is 18.9 Å². The summed E-state index contributed by atoms with van der Waals surface area (Å²) in [5.74, 6) is -0.143. The Morgan fingerprint density at radius 1 is 1.06 bits per heavy atom. The fourth-order valence-corrected chi connectivity index (χ4v) is 3.60. The van der Waals surface area contributed by atoms with Gasteiger partial charge >= 0.3 is 11.9 Å². The number of halogens is 3. The summed E-state index contributed by atoms with van der Waals surface area (Å²) in [4.78, 5) is 25.1. The first kappa shape index (κ1) is 21.4. The summed E-state index contributed by atoms with van der Waals surface area (Å²) in [7, 11) is 1.66. The molecule has 0 radical (unpaired) electrons. The second-order valence-corrected chi connectivity index (χ2v) is 7.41. The second kappa shape index (κ2) is 8.03. The molecule has 1 N–H and O–H groups in total. The van der Waals surface area contributed by atoms with Crippen molar-refractivity contribution >= 4 is 22.8 Å². The molecule has 10 heteroatoms. The number of aryl methyl sites for hydroxylation is 3. The van der Waals surface area contributed by atoms with Crippen LogP contribution in [0, 0.1) is 6.92 Å². The fraction of sp³-hybridized carbons (Fsp3) is 0.227. The molecule has 0 fully saturated rings. The SMILES string of the molecule is Cc1cc(NC(=O)CCn2c(=O)n(C)c3ccccc32)n(-c2cccc(C(F)(F)F)c2)n1. The Kier molecular flexibility index (Phi) is 5.37. The maximum absolute atomic E-state index is 13.1. The lowest BCUT2D eigenvalue weighted by molar-refractivity contribution is -0.137. The molecule has 0 bridgehead atoms. The van der Waals surface area contributed by atoms with Crippen LogP contribution in [0.25, 0.3) is 16.7 Å². The van der Waals surface area contributed by atoms with E-state index in [4.69, 9.17) is 0 Å². The summed E-state index contributed by atoms with van der Waals surface area (Å²) in [6.45, 7) is 1.83. The first-order valence-electron chi connectivity index (χ1n) is 9.83. The number of hydrogen-bond acceptors (Lipinski definition) is 3. The van der Waals surface area contributed by atoms with Gasteiger partial charge in [-0.15, -0.1) is 0 Å². The van der Waals surface area contributed by atoms with Crippen LogP contribution in [0.15, 0.2) is 59.4 Å². The highest BCUT2D eigenvalue weighted by Gasteiger charge is 2.30. The van der Waals surface area contributed by atoms with E-state index in [1.54, 1.807) is 26.1 Å². The molecule has 4 aromatic rings. The minimum Gasteiger partial charge on any atom is -0.311 e. The van der Waals surface area contributed by atoms with E-state index in [9.17, 15) is 22.8 Å². The molecule has 2 heterocycles. The second-order valence-electron chi connectivity index (χ2n) is 7.41. The van der Waals surface area contributed by atoms with E-state index in [-0.39, 0.29) is 30.2 Å². The molecule has 2 aromatic heterocycles. The normalized spacial score (nSPS) is 11.8. The number of hydrogen-bond donors (Lipinski definition) is 1. The van der Waals surface area contributed by atoms with Crippen molar-refractivity contribution in [3.63, 3.8) is 0 Å². The number of aromatic nitrogens is 4. The Hall–Kier alpha value is -3.82. The Morgan fingerprint density at radius 2 is 1.78 bits per heavy atom. The maximum Gasteiger partial charge on any atom is 0.416 e. The van der Waals surface area contributed by atoms with E-state index < -0.39 is 17.6 Å². The Balaban J connectivity index is 1.55. The molecule has 32 heavy (non-hydrogen) atoms. The molecule has 1 amide bonds. The zero-order valence-electron chi connectivity index (χ0n) is 17.3. The molecule has 7 nitrogen and oxygen atoms in total. The topological polar surface area (TPSA) is 73.8 Å². The van der Waals surface area contributed by atoms with Gasteiger partial charge in [-0.2, -0.15) is 18.3 Å². The Labute approximate surface area is 180 Å². The van der Waals surface area contributed by atoms with Crippen LogP contribution in [0.2, 0.25) is 0 Å². The molecule has 0 aliphatic heterocycles. The largest absolute Gasteiger partial charge is 0.416 e. The van der Waals surface area contributed by atoms with Crippen molar-refractivity contribution < 1.29 is 18.0 Å². The third kappa shape index (κ3) is 4.03. The molecule has 4 rings (SSSR count). The molecule has 0 aliphatic rings. The number of nitrogens with one attached hydrogen (secondary N) is 1. The van der Waals surface area contributed by atoms with Crippen LogP contribution < -0.4 is 11.0 Å². The van der Waals surface area contributed by atoms with Gasteiger partial charge in [-0.05, 0) is 37.3 Å². The van der Waals surface area contributed by atoms with Gasteiger partial charge in [-0.1, -0.05) is 18.2 Å². The lowest BCUT2D eigenvalue weighted by Gasteiger charge is -2.12. The molecule has 0 saturated carbocycles. The first-order chi connectivity index (χ1) is 15.1. The van der Waals surface area contributed by atoms with E-state index in [0.29, 0.717) is 5.69 Å². The van der Waals surface area contributed by atoms with Crippen molar-refractivity contribution in [1.29, 1.82) is 0 Å². The number of alkyl halides is 3. The van der Waals surface area contributed by atoms with Gasteiger partial charge < -0.3 is 5.32 Å². The number of rotatable bonds is 5. The van der Waals surface area contributed by atoms with E-state index in [1.807, 2.05) is 18.2 Å². The standard InChI is InChI=1S/C22H20F3N5O2/c1-14-12-19(30(27-14)16-7-5-6-15(13-16)22(23,24)25)26-20(31)10-11-29-18-9-4-3-8-17(18)28(2)21(29)32/h3-9,12-13H,10-11H2,1-2H3,(H,26,31). The van der Waals surface area contributed by atoms with Gasteiger partial charge in [-0.3, -0.25) is 13.9 Å². The number of para-hydroxylation sites is 2. The van der Waals surface area contributed by atoms with Crippen molar-refractivity contribution in [3.8, 4) is 5.69 Å². The summed E-state index contributed by atoms with van der Waals surface area (Å²) in [5.41, 5.74) is 1.14. The van der Waals surface area contributed by atoms with Gasteiger partial charge in [0.05, 0.1) is 28.0 Å². The average molecular weight is 443 g/mol. The summed E-state index contributed by atoms with van der Waals surface area (Å²) in [6.07, 6.45) is -4.49. The minimum absolute atomic E-state index is 0.000727. The van der Waals surface area contributed by atoms with E-state index >= 15 is 0 Å². The number of fused-ring (bicyclic) bond motifs is 1. The zero-order valence-corrected chi connectivity index (χ0v) is 17.3. The number of amides is 1. The molecular weight excluding hydrogens is 423 g/mol. The van der Waals surface area contributed by atoms with Crippen molar-refractivity contribution in [2.45, 2.75) is 26.1 Å². The maximum atomic E-state index is 13.1. The fourth-order valence-electron chi connectivity index (χ4n) is 3.60. The van der Waals surface area contributed by atoms with Crippen LogP contribution in [0.1, 0.15) is 17.7 Å². The van der Waals surface area contributed by atoms with E-state index in [2.05, 4.69) is 10.4 Å². The van der Waals surface area contributed by atoms with Crippen molar-refractivity contribution in [2.75, 3.05) is 5.32 Å². The van der Waals surface area contributed by atoms with E-state index in [0.717, 1.165) is 23.2 Å².